The van der Waals surface area contributed by atoms with Crippen LogP contribution in [-0.2, 0) is 10.9 Å². The van der Waals surface area contributed by atoms with Gasteiger partial charge in [-0.25, -0.2) is 4.39 Å². The fourth-order valence-electron chi connectivity index (χ4n) is 1.58. The quantitative estimate of drug-likeness (QED) is 0.556. The molecule has 1 unspecified atom stereocenters. The molecule has 0 fully saturated rings. The maximum absolute atomic E-state index is 13.0. The van der Waals surface area contributed by atoms with Crippen molar-refractivity contribution in [1.82, 2.24) is 0 Å². The minimum absolute atomic E-state index is 0.178. The first-order chi connectivity index (χ1) is 8.81. The second-order valence-electron chi connectivity index (χ2n) is 3.67. The largest absolute Gasteiger partial charge is 0.207 e. The van der Waals surface area contributed by atoms with Gasteiger partial charge in [0.2, 0.25) is 0 Å². The van der Waals surface area contributed by atoms with Crippen molar-refractivity contribution in [3.63, 3.8) is 0 Å². The highest BCUT2D eigenvalue weighted by Gasteiger charge is 2.21. The summed E-state index contributed by atoms with van der Waals surface area (Å²) in [4.78, 5) is 2.31. The number of hydrogen-bond acceptors (Lipinski definition) is 0. The fraction of sp³-hybridized carbons (Fsp3) is 0. The Morgan fingerprint density at radius 2 is 1.50 bits per heavy atom. The van der Waals surface area contributed by atoms with Crippen LogP contribution in [0.2, 0.25) is 0 Å². The van der Waals surface area contributed by atoms with Gasteiger partial charge in [0, 0.05) is 0 Å². The summed E-state index contributed by atoms with van der Waals surface area (Å²) in [5.74, 6) is -0.205. The Morgan fingerprint density at radius 3 is 2.11 bits per heavy atom. The average Bonchev–Trinajstić information content (AvgIpc) is 2.42. The number of rotatable bonds is 4. The Balaban J connectivity index is 2.39. The highest BCUT2D eigenvalue weighted by atomic mass is 32.2. The highest BCUT2D eigenvalue weighted by Crippen LogP contribution is 2.24. The summed E-state index contributed by atoms with van der Waals surface area (Å²) in [6.45, 7) is 3.69. The van der Waals surface area contributed by atoms with Gasteiger partial charge in [0.15, 0.2) is 9.79 Å². The smallest absolute Gasteiger partial charge is 0.166 e. The van der Waals surface area contributed by atoms with Crippen LogP contribution in [0.15, 0.2) is 88.5 Å². The SMILES string of the molecule is C=C/C=C/[S+](c1ccccc1)c1ccc(F)cc1. The van der Waals surface area contributed by atoms with Gasteiger partial charge in [0.05, 0.1) is 10.9 Å². The van der Waals surface area contributed by atoms with Gasteiger partial charge >= 0.3 is 0 Å². The molecule has 0 spiro atoms. The molecule has 0 heterocycles. The van der Waals surface area contributed by atoms with Crippen LogP contribution in [0.25, 0.3) is 0 Å². The van der Waals surface area contributed by atoms with Crippen molar-refractivity contribution < 1.29 is 4.39 Å². The van der Waals surface area contributed by atoms with Gasteiger partial charge in [-0.3, -0.25) is 0 Å². The summed E-state index contributed by atoms with van der Waals surface area (Å²) in [7, 11) is -0.178. The highest BCUT2D eigenvalue weighted by molar-refractivity contribution is 7.99. The summed E-state index contributed by atoms with van der Waals surface area (Å²) in [6, 6.07) is 16.9. The van der Waals surface area contributed by atoms with Crippen LogP contribution in [0.3, 0.4) is 0 Å². The molecule has 2 aromatic carbocycles. The molecule has 0 saturated heterocycles. The third-order valence-electron chi connectivity index (χ3n) is 2.42. The molecule has 1 atom stereocenters. The van der Waals surface area contributed by atoms with E-state index in [0.29, 0.717) is 0 Å². The van der Waals surface area contributed by atoms with Gasteiger partial charge in [0.1, 0.15) is 11.2 Å². The Labute approximate surface area is 110 Å². The zero-order valence-corrected chi connectivity index (χ0v) is 10.7. The summed E-state index contributed by atoms with van der Waals surface area (Å²) < 4.78 is 13.0. The van der Waals surface area contributed by atoms with Gasteiger partial charge in [-0.15, -0.1) is 0 Å². The van der Waals surface area contributed by atoms with Gasteiger partial charge in [0.25, 0.3) is 0 Å². The van der Waals surface area contributed by atoms with Gasteiger partial charge < -0.3 is 0 Å². The van der Waals surface area contributed by atoms with Crippen LogP contribution in [0.4, 0.5) is 4.39 Å². The minimum Gasteiger partial charge on any atom is -0.207 e. The van der Waals surface area contributed by atoms with E-state index in [-0.39, 0.29) is 16.7 Å². The maximum Gasteiger partial charge on any atom is 0.166 e. The third-order valence-corrected chi connectivity index (χ3v) is 4.40. The Hall–Kier alpha value is -1.80. The second kappa shape index (κ2) is 6.22. The normalized spacial score (nSPS) is 12.5. The van der Waals surface area contributed by atoms with Crippen LogP contribution < -0.4 is 0 Å². The molecule has 90 valence electrons. The molecule has 2 aromatic rings. The van der Waals surface area contributed by atoms with E-state index >= 15 is 0 Å². The Morgan fingerprint density at radius 1 is 0.889 bits per heavy atom. The van der Waals surface area contributed by atoms with Crippen molar-refractivity contribution in [1.29, 1.82) is 0 Å². The molecule has 2 heteroatoms. The van der Waals surface area contributed by atoms with Crippen molar-refractivity contribution >= 4 is 10.9 Å². The van der Waals surface area contributed by atoms with E-state index in [1.165, 1.54) is 17.0 Å². The van der Waals surface area contributed by atoms with Crippen molar-refractivity contribution in [3.05, 3.63) is 84.6 Å². The van der Waals surface area contributed by atoms with E-state index in [2.05, 4.69) is 24.1 Å². The summed E-state index contributed by atoms with van der Waals surface area (Å²) in [5.41, 5.74) is 0. The first-order valence-electron chi connectivity index (χ1n) is 5.64. The van der Waals surface area contributed by atoms with E-state index in [0.717, 1.165) is 4.90 Å². The predicted octanol–water partition coefficient (Wildman–Crippen LogP) is 4.56. The standard InChI is InChI=1S/C16H14FS/c1-2-3-13-18(15-7-5-4-6-8-15)16-11-9-14(17)10-12-16/h2-13H,1H2/q+1/b13-3+. The molecule has 0 aromatic heterocycles. The molecule has 0 aliphatic carbocycles. The van der Waals surface area contributed by atoms with Crippen LogP contribution in [0, 0.1) is 5.82 Å². The molecule has 18 heavy (non-hydrogen) atoms. The molecule has 0 bridgehead atoms. The molecule has 0 radical (unpaired) electrons. The molecule has 0 aliphatic heterocycles. The molecule has 2 rings (SSSR count). The predicted molar refractivity (Wildman–Crippen MR) is 76.1 cm³/mol. The topological polar surface area (TPSA) is 0 Å². The van der Waals surface area contributed by atoms with E-state index in [4.69, 9.17) is 0 Å². The van der Waals surface area contributed by atoms with Crippen molar-refractivity contribution in [2.75, 3.05) is 0 Å². The molecular weight excluding hydrogens is 243 g/mol. The van der Waals surface area contributed by atoms with Crippen LogP contribution in [0.5, 0.6) is 0 Å². The molecule has 0 amide bonds. The molecule has 0 nitrogen and oxygen atoms in total. The lowest BCUT2D eigenvalue weighted by Gasteiger charge is -2.02. The lowest BCUT2D eigenvalue weighted by atomic mass is 10.3. The summed E-state index contributed by atoms with van der Waals surface area (Å²) in [6.07, 6.45) is 3.69. The van der Waals surface area contributed by atoms with Gasteiger partial charge in [-0.2, -0.15) is 0 Å². The number of benzene rings is 2. The summed E-state index contributed by atoms with van der Waals surface area (Å²) >= 11 is 0. The third kappa shape index (κ3) is 3.11. The van der Waals surface area contributed by atoms with Gasteiger partial charge in [-0.1, -0.05) is 30.9 Å². The molecule has 0 aliphatic rings. The zero-order chi connectivity index (χ0) is 12.8. The molecule has 0 N–H and O–H groups in total. The van der Waals surface area contributed by atoms with E-state index in [1.54, 1.807) is 6.08 Å². The second-order valence-corrected chi connectivity index (χ2v) is 5.56. The molecule has 0 saturated carbocycles. The maximum atomic E-state index is 13.0. The van der Waals surface area contributed by atoms with Gasteiger partial charge in [-0.05, 0) is 42.5 Å². The van der Waals surface area contributed by atoms with Crippen molar-refractivity contribution in [3.8, 4) is 0 Å². The zero-order valence-electron chi connectivity index (χ0n) is 9.92. The lowest BCUT2D eigenvalue weighted by molar-refractivity contribution is 0.626. The minimum atomic E-state index is -0.205. The number of hydrogen-bond donors (Lipinski definition) is 0. The van der Waals surface area contributed by atoms with E-state index in [9.17, 15) is 4.39 Å². The average molecular weight is 257 g/mol. The van der Waals surface area contributed by atoms with Crippen molar-refractivity contribution in [2.24, 2.45) is 0 Å². The van der Waals surface area contributed by atoms with Crippen LogP contribution >= 0.6 is 0 Å². The first-order valence-corrected chi connectivity index (χ1v) is 6.93. The number of halogens is 1. The first kappa shape index (κ1) is 12.7. The van der Waals surface area contributed by atoms with E-state index < -0.39 is 0 Å². The fourth-order valence-corrected chi connectivity index (χ4v) is 3.31. The van der Waals surface area contributed by atoms with Crippen LogP contribution in [0.1, 0.15) is 0 Å². The van der Waals surface area contributed by atoms with Crippen molar-refractivity contribution in [2.45, 2.75) is 9.79 Å². The summed E-state index contributed by atoms with van der Waals surface area (Å²) in [5, 5.41) is 2.09. The monoisotopic (exact) mass is 257 g/mol. The Bertz CT molecular complexity index is 529. The van der Waals surface area contributed by atoms with E-state index in [1.807, 2.05) is 36.4 Å². The molecular formula is C16H14FS+. The number of allylic oxidation sites excluding steroid dienone is 2. The van der Waals surface area contributed by atoms with Crippen LogP contribution in [-0.4, -0.2) is 0 Å². The lowest BCUT2D eigenvalue weighted by Crippen LogP contribution is -1.99. The Kier molecular flexibility index (Phi) is 4.37.